The molecule has 0 aliphatic heterocycles. The fourth-order valence-corrected chi connectivity index (χ4v) is 4.07. The summed E-state index contributed by atoms with van der Waals surface area (Å²) in [5.41, 5.74) is 5.34. The van der Waals surface area contributed by atoms with Gasteiger partial charge < -0.3 is 15.6 Å². The number of benzene rings is 2. The van der Waals surface area contributed by atoms with Crippen molar-refractivity contribution < 1.29 is 4.79 Å². The van der Waals surface area contributed by atoms with Gasteiger partial charge in [0.15, 0.2) is 0 Å². The monoisotopic (exact) mass is 372 g/mol. The quantitative estimate of drug-likeness (QED) is 0.633. The normalized spacial score (nSPS) is 15.8. The van der Waals surface area contributed by atoms with Crippen molar-refractivity contribution in [1.82, 2.24) is 10.3 Å². The molecule has 1 aromatic heterocycles. The van der Waals surface area contributed by atoms with Crippen LogP contribution in [0.25, 0.3) is 10.9 Å². The van der Waals surface area contributed by atoms with E-state index in [4.69, 9.17) is 0 Å². The Hall–Kier alpha value is -3.10. The largest absolute Gasteiger partial charge is 0.358 e. The Balaban J connectivity index is 1.60. The molecule has 3 aromatic rings. The number of aryl methyl sites for hydroxylation is 1. The van der Waals surface area contributed by atoms with E-state index < -0.39 is 0 Å². The number of fused-ring (bicyclic) bond motifs is 3. The molecule has 1 amide bonds. The van der Waals surface area contributed by atoms with E-state index in [9.17, 15) is 10.1 Å². The molecule has 1 aliphatic carbocycles. The van der Waals surface area contributed by atoms with E-state index in [-0.39, 0.29) is 5.91 Å². The summed E-state index contributed by atoms with van der Waals surface area (Å²) >= 11 is 0. The number of nitrogens with one attached hydrogen (secondary N) is 3. The average molecular weight is 372 g/mol. The standard InChI is InChI=1S/C23H24N4O/c1-2-25-14-15-7-9-21-19(11-15)20-12-17(8-10-22(20)27-21)26-23(28)18-6-4-3-5-16(18)13-24/h3-6,8,10,12,15,25,27H,2,7,9,11,14H2,1H3,(H,26,28). The van der Waals surface area contributed by atoms with Gasteiger partial charge in [-0.2, -0.15) is 5.26 Å². The fraction of sp³-hybridized carbons (Fsp3) is 0.304. The van der Waals surface area contributed by atoms with Crippen LogP contribution in [0, 0.1) is 17.2 Å². The van der Waals surface area contributed by atoms with Gasteiger partial charge in [0.25, 0.3) is 5.91 Å². The Morgan fingerprint density at radius 2 is 2.14 bits per heavy atom. The molecular formula is C23H24N4O. The van der Waals surface area contributed by atoms with Crippen LogP contribution < -0.4 is 10.6 Å². The topological polar surface area (TPSA) is 80.7 Å². The molecule has 5 nitrogen and oxygen atoms in total. The molecule has 3 N–H and O–H groups in total. The number of aromatic amines is 1. The molecule has 4 rings (SSSR count). The molecule has 1 atom stereocenters. The minimum Gasteiger partial charge on any atom is -0.358 e. The predicted octanol–water partition coefficient (Wildman–Crippen LogP) is 4.01. The van der Waals surface area contributed by atoms with Crippen molar-refractivity contribution in [2.24, 2.45) is 5.92 Å². The minimum absolute atomic E-state index is 0.258. The smallest absolute Gasteiger partial charge is 0.257 e. The third-order valence-corrected chi connectivity index (χ3v) is 5.52. The molecule has 2 aromatic carbocycles. The first-order valence-corrected chi connectivity index (χ1v) is 9.84. The van der Waals surface area contributed by atoms with Gasteiger partial charge in [0.05, 0.1) is 17.2 Å². The molecule has 0 spiro atoms. The van der Waals surface area contributed by atoms with Gasteiger partial charge in [0.2, 0.25) is 0 Å². The molecule has 0 radical (unpaired) electrons. The highest BCUT2D eigenvalue weighted by atomic mass is 16.1. The van der Waals surface area contributed by atoms with Gasteiger partial charge in [-0.1, -0.05) is 19.1 Å². The van der Waals surface area contributed by atoms with Crippen molar-refractivity contribution in [3.8, 4) is 6.07 Å². The number of hydrogen-bond acceptors (Lipinski definition) is 3. The Labute approximate surface area is 164 Å². The summed E-state index contributed by atoms with van der Waals surface area (Å²) in [6.45, 7) is 4.18. The molecule has 1 unspecified atom stereocenters. The third-order valence-electron chi connectivity index (χ3n) is 5.52. The Morgan fingerprint density at radius 3 is 2.96 bits per heavy atom. The van der Waals surface area contributed by atoms with Crippen LogP contribution in [0.2, 0.25) is 0 Å². The maximum absolute atomic E-state index is 12.6. The number of anilines is 1. The molecule has 5 heteroatoms. The second-order valence-corrected chi connectivity index (χ2v) is 7.37. The minimum atomic E-state index is -0.258. The van der Waals surface area contributed by atoms with Crippen LogP contribution in [-0.2, 0) is 12.8 Å². The highest BCUT2D eigenvalue weighted by Gasteiger charge is 2.22. The maximum atomic E-state index is 12.6. The molecule has 1 aliphatic rings. The van der Waals surface area contributed by atoms with E-state index in [1.54, 1.807) is 24.3 Å². The zero-order valence-electron chi connectivity index (χ0n) is 16.0. The van der Waals surface area contributed by atoms with Crippen LogP contribution in [0.5, 0.6) is 0 Å². The van der Waals surface area contributed by atoms with Crippen LogP contribution >= 0.6 is 0 Å². The molecule has 0 saturated carbocycles. The number of H-pyrrole nitrogens is 1. The van der Waals surface area contributed by atoms with Crippen LogP contribution in [0.3, 0.4) is 0 Å². The Bertz CT molecular complexity index is 1060. The highest BCUT2D eigenvalue weighted by molar-refractivity contribution is 6.06. The SMILES string of the molecule is CCNCC1CCc2[nH]c3ccc(NC(=O)c4ccccc4C#N)cc3c2C1. The molecule has 0 fully saturated rings. The summed E-state index contributed by atoms with van der Waals surface area (Å²) in [4.78, 5) is 16.2. The van der Waals surface area contributed by atoms with Crippen molar-refractivity contribution in [3.63, 3.8) is 0 Å². The van der Waals surface area contributed by atoms with Gasteiger partial charge in [-0.05, 0) is 74.2 Å². The van der Waals surface area contributed by atoms with Crippen LogP contribution in [0.4, 0.5) is 5.69 Å². The number of aromatic nitrogens is 1. The van der Waals surface area contributed by atoms with Gasteiger partial charge in [-0.3, -0.25) is 4.79 Å². The first-order chi connectivity index (χ1) is 13.7. The van der Waals surface area contributed by atoms with E-state index in [1.165, 1.54) is 23.1 Å². The lowest BCUT2D eigenvalue weighted by Crippen LogP contribution is -2.26. The molecule has 0 bridgehead atoms. The van der Waals surface area contributed by atoms with Crippen molar-refractivity contribution in [3.05, 3.63) is 64.8 Å². The number of nitrogens with zero attached hydrogens (tertiary/aromatic N) is 1. The number of nitriles is 1. The van der Waals surface area contributed by atoms with E-state index in [2.05, 4.69) is 28.6 Å². The summed E-state index contributed by atoms with van der Waals surface area (Å²) < 4.78 is 0. The van der Waals surface area contributed by atoms with Crippen molar-refractivity contribution in [2.45, 2.75) is 26.2 Å². The van der Waals surface area contributed by atoms with Gasteiger partial charge >= 0.3 is 0 Å². The lowest BCUT2D eigenvalue weighted by molar-refractivity contribution is 0.102. The first kappa shape index (κ1) is 18.3. The Morgan fingerprint density at radius 1 is 1.29 bits per heavy atom. The number of rotatable bonds is 5. The number of amides is 1. The summed E-state index contributed by atoms with van der Waals surface area (Å²) in [5, 5.41) is 16.8. The molecule has 1 heterocycles. The maximum Gasteiger partial charge on any atom is 0.257 e. The molecule has 28 heavy (non-hydrogen) atoms. The van der Waals surface area contributed by atoms with E-state index in [0.29, 0.717) is 17.0 Å². The summed E-state index contributed by atoms with van der Waals surface area (Å²) in [6.07, 6.45) is 3.32. The zero-order chi connectivity index (χ0) is 19.5. The summed E-state index contributed by atoms with van der Waals surface area (Å²) in [6, 6.07) is 14.9. The van der Waals surface area contributed by atoms with Gasteiger partial charge in [0.1, 0.15) is 0 Å². The molecule has 0 saturated heterocycles. The number of carbonyl (C=O) groups is 1. The number of hydrogen-bond donors (Lipinski definition) is 3. The molecule has 142 valence electrons. The van der Waals surface area contributed by atoms with Crippen LogP contribution in [-0.4, -0.2) is 24.0 Å². The zero-order valence-corrected chi connectivity index (χ0v) is 16.0. The van der Waals surface area contributed by atoms with E-state index in [1.807, 2.05) is 18.2 Å². The van der Waals surface area contributed by atoms with E-state index in [0.717, 1.165) is 37.1 Å². The summed E-state index contributed by atoms with van der Waals surface area (Å²) in [5.74, 6) is 0.387. The van der Waals surface area contributed by atoms with Gasteiger partial charge in [-0.25, -0.2) is 0 Å². The third kappa shape index (κ3) is 3.51. The van der Waals surface area contributed by atoms with Crippen molar-refractivity contribution in [1.29, 1.82) is 5.26 Å². The summed E-state index contributed by atoms with van der Waals surface area (Å²) in [7, 11) is 0. The lowest BCUT2D eigenvalue weighted by atomic mass is 9.86. The molecular weight excluding hydrogens is 348 g/mol. The van der Waals surface area contributed by atoms with Crippen molar-refractivity contribution >= 4 is 22.5 Å². The lowest BCUT2D eigenvalue weighted by Gasteiger charge is -2.22. The van der Waals surface area contributed by atoms with Crippen molar-refractivity contribution in [2.75, 3.05) is 18.4 Å². The Kier molecular flexibility index (Phi) is 5.14. The van der Waals surface area contributed by atoms with Gasteiger partial charge in [0, 0.05) is 22.3 Å². The fourth-order valence-electron chi connectivity index (χ4n) is 4.07. The predicted molar refractivity (Wildman–Crippen MR) is 111 cm³/mol. The van der Waals surface area contributed by atoms with E-state index >= 15 is 0 Å². The van der Waals surface area contributed by atoms with Crippen LogP contribution in [0.15, 0.2) is 42.5 Å². The van der Waals surface area contributed by atoms with Crippen LogP contribution in [0.1, 0.15) is 40.5 Å². The number of carbonyl (C=O) groups excluding carboxylic acids is 1. The van der Waals surface area contributed by atoms with Gasteiger partial charge in [-0.15, -0.1) is 0 Å². The second-order valence-electron chi connectivity index (χ2n) is 7.37. The average Bonchev–Trinajstić information content (AvgIpc) is 3.09. The second kappa shape index (κ2) is 7.87. The first-order valence-electron chi connectivity index (χ1n) is 9.84. The highest BCUT2D eigenvalue weighted by Crippen LogP contribution is 2.33.